The second-order valence-corrected chi connectivity index (χ2v) is 6.30. The molecule has 0 aliphatic rings. The fourth-order valence-electron chi connectivity index (χ4n) is 2.72. The molecule has 2 rings (SSSR count). The van der Waals surface area contributed by atoms with Gasteiger partial charge >= 0.3 is 0 Å². The maximum Gasteiger partial charge on any atom is 0.224 e. The van der Waals surface area contributed by atoms with Gasteiger partial charge in [-0.15, -0.1) is 0 Å². The molecule has 0 saturated carbocycles. The number of hydrogen-bond donors (Lipinski definition) is 2. The molecule has 2 aromatic carbocycles. The highest BCUT2D eigenvalue weighted by Gasteiger charge is 2.10. The van der Waals surface area contributed by atoms with Crippen molar-refractivity contribution in [2.45, 2.75) is 19.5 Å². The second kappa shape index (κ2) is 9.08. The highest BCUT2D eigenvalue weighted by Crippen LogP contribution is 2.27. The van der Waals surface area contributed by atoms with Crippen LogP contribution >= 0.6 is 0 Å². The predicted molar refractivity (Wildman–Crippen MR) is 98.1 cm³/mol. The molecule has 2 aromatic rings. The topological polar surface area (TPSA) is 52.0 Å². The summed E-state index contributed by atoms with van der Waals surface area (Å²) in [4.78, 5) is 13.6. The molecule has 2 N–H and O–H groups in total. The lowest BCUT2D eigenvalue weighted by Crippen LogP contribution is -3.04. The molecule has 5 heteroatoms. The van der Waals surface area contributed by atoms with E-state index in [9.17, 15) is 4.79 Å². The molecule has 0 atom stereocenters. The number of rotatable bonds is 8. The number of carbonyl (C=O) groups is 1. The first-order valence-corrected chi connectivity index (χ1v) is 8.37. The van der Waals surface area contributed by atoms with Crippen molar-refractivity contribution < 1.29 is 19.2 Å². The summed E-state index contributed by atoms with van der Waals surface area (Å²) in [6, 6.07) is 13.7. The van der Waals surface area contributed by atoms with Crippen LogP contribution in [0.5, 0.6) is 11.5 Å². The maximum absolute atomic E-state index is 12.3. The molecule has 0 heterocycles. The third-order valence-corrected chi connectivity index (χ3v) is 3.95. The van der Waals surface area contributed by atoms with Gasteiger partial charge < -0.3 is 19.7 Å². The molecule has 0 aliphatic heterocycles. The van der Waals surface area contributed by atoms with Crippen LogP contribution in [0.15, 0.2) is 42.5 Å². The Hall–Kier alpha value is -2.53. The molecule has 0 saturated heterocycles. The molecule has 5 nitrogen and oxygen atoms in total. The Morgan fingerprint density at radius 3 is 2.32 bits per heavy atom. The van der Waals surface area contributed by atoms with Gasteiger partial charge in [0.15, 0.2) is 11.5 Å². The van der Waals surface area contributed by atoms with Gasteiger partial charge in [-0.2, -0.15) is 0 Å². The van der Waals surface area contributed by atoms with Crippen LogP contribution in [0.25, 0.3) is 0 Å². The summed E-state index contributed by atoms with van der Waals surface area (Å²) in [7, 11) is 7.42. The van der Waals surface area contributed by atoms with Gasteiger partial charge in [-0.1, -0.05) is 30.3 Å². The number of amides is 1. The Labute approximate surface area is 149 Å². The van der Waals surface area contributed by atoms with Gasteiger partial charge in [-0.3, -0.25) is 4.79 Å². The Morgan fingerprint density at radius 1 is 1.00 bits per heavy atom. The van der Waals surface area contributed by atoms with Crippen LogP contribution in [0.3, 0.4) is 0 Å². The van der Waals surface area contributed by atoms with Crippen molar-refractivity contribution in [2.24, 2.45) is 0 Å². The average molecular weight is 343 g/mol. The van der Waals surface area contributed by atoms with Crippen LogP contribution < -0.4 is 19.7 Å². The van der Waals surface area contributed by atoms with Gasteiger partial charge in [-0.25, -0.2) is 0 Å². The van der Waals surface area contributed by atoms with Crippen LogP contribution in [-0.4, -0.2) is 34.2 Å². The van der Waals surface area contributed by atoms with Crippen molar-refractivity contribution in [1.82, 2.24) is 5.32 Å². The number of quaternary nitrogens is 1. The van der Waals surface area contributed by atoms with Crippen molar-refractivity contribution in [3.8, 4) is 11.5 Å². The first-order chi connectivity index (χ1) is 12.0. The molecule has 0 aliphatic carbocycles. The summed E-state index contributed by atoms with van der Waals surface area (Å²) in [5.41, 5.74) is 3.31. The second-order valence-electron chi connectivity index (χ2n) is 6.30. The van der Waals surface area contributed by atoms with E-state index >= 15 is 0 Å². The SMILES string of the molecule is COc1ccc(CC(=O)NCc2ccccc2C[NH+](C)C)cc1OC. The van der Waals surface area contributed by atoms with Crippen molar-refractivity contribution in [3.05, 3.63) is 59.2 Å². The van der Waals surface area contributed by atoms with Gasteiger partial charge in [0.2, 0.25) is 5.91 Å². The summed E-state index contributed by atoms with van der Waals surface area (Å²) in [6.07, 6.45) is 0.307. The number of carbonyl (C=O) groups excluding carboxylic acids is 1. The quantitative estimate of drug-likeness (QED) is 0.757. The van der Waals surface area contributed by atoms with E-state index in [0.717, 1.165) is 17.7 Å². The summed E-state index contributed by atoms with van der Waals surface area (Å²) in [6.45, 7) is 1.47. The van der Waals surface area contributed by atoms with Crippen molar-refractivity contribution in [1.29, 1.82) is 0 Å². The summed E-state index contributed by atoms with van der Waals surface area (Å²) < 4.78 is 10.5. The third-order valence-electron chi connectivity index (χ3n) is 3.95. The Bertz CT molecular complexity index is 714. The van der Waals surface area contributed by atoms with Crippen molar-refractivity contribution in [2.75, 3.05) is 28.3 Å². The summed E-state index contributed by atoms with van der Waals surface area (Å²) in [5, 5.41) is 3.01. The lowest BCUT2D eigenvalue weighted by atomic mass is 10.1. The molecule has 1 amide bonds. The molecule has 0 aromatic heterocycles. The van der Waals surface area contributed by atoms with E-state index < -0.39 is 0 Å². The Morgan fingerprint density at radius 2 is 1.68 bits per heavy atom. The van der Waals surface area contributed by atoms with Crippen LogP contribution in [0, 0.1) is 0 Å². The standard InChI is InChI=1S/C20H26N2O3/c1-22(2)14-17-8-6-5-7-16(17)13-21-20(23)12-15-9-10-18(24-3)19(11-15)25-4/h5-11H,12-14H2,1-4H3,(H,21,23)/p+1. The minimum Gasteiger partial charge on any atom is -0.493 e. The molecule has 25 heavy (non-hydrogen) atoms. The van der Waals surface area contributed by atoms with Gasteiger partial charge in [-0.05, 0) is 23.3 Å². The molecular weight excluding hydrogens is 316 g/mol. The lowest BCUT2D eigenvalue weighted by Gasteiger charge is -2.13. The van der Waals surface area contributed by atoms with Crippen LogP contribution in [0.4, 0.5) is 0 Å². The van der Waals surface area contributed by atoms with Crippen molar-refractivity contribution >= 4 is 5.91 Å². The number of hydrogen-bond acceptors (Lipinski definition) is 3. The zero-order valence-electron chi connectivity index (χ0n) is 15.4. The third kappa shape index (κ3) is 5.50. The largest absolute Gasteiger partial charge is 0.493 e. The van der Waals surface area contributed by atoms with E-state index in [-0.39, 0.29) is 5.91 Å². The smallest absolute Gasteiger partial charge is 0.224 e. The first-order valence-electron chi connectivity index (χ1n) is 8.37. The molecule has 0 radical (unpaired) electrons. The molecule has 134 valence electrons. The number of nitrogens with one attached hydrogen (secondary N) is 2. The zero-order valence-corrected chi connectivity index (χ0v) is 15.4. The Kier molecular flexibility index (Phi) is 6.83. The monoisotopic (exact) mass is 343 g/mol. The summed E-state index contributed by atoms with van der Waals surface area (Å²) >= 11 is 0. The molecule has 0 bridgehead atoms. The maximum atomic E-state index is 12.3. The highest BCUT2D eigenvalue weighted by molar-refractivity contribution is 5.78. The van der Waals surface area contributed by atoms with E-state index in [1.165, 1.54) is 10.5 Å². The minimum absolute atomic E-state index is 0.0146. The fourth-order valence-corrected chi connectivity index (χ4v) is 2.72. The van der Waals surface area contributed by atoms with Gasteiger partial charge in [0.1, 0.15) is 6.54 Å². The zero-order chi connectivity index (χ0) is 18.2. The van der Waals surface area contributed by atoms with E-state index in [1.54, 1.807) is 14.2 Å². The number of benzene rings is 2. The normalized spacial score (nSPS) is 10.6. The molecule has 0 spiro atoms. The lowest BCUT2D eigenvalue weighted by molar-refractivity contribution is -0.872. The summed E-state index contributed by atoms with van der Waals surface area (Å²) in [5.74, 6) is 1.28. The highest BCUT2D eigenvalue weighted by atomic mass is 16.5. The average Bonchev–Trinajstić information content (AvgIpc) is 2.60. The fraction of sp³-hybridized carbons (Fsp3) is 0.350. The van der Waals surface area contributed by atoms with Crippen molar-refractivity contribution in [3.63, 3.8) is 0 Å². The van der Waals surface area contributed by atoms with Crippen LogP contribution in [0.2, 0.25) is 0 Å². The number of methoxy groups -OCH3 is 2. The Balaban J connectivity index is 1.97. The van der Waals surface area contributed by atoms with Gasteiger partial charge in [0.25, 0.3) is 0 Å². The van der Waals surface area contributed by atoms with E-state index in [1.807, 2.05) is 30.3 Å². The molecular formula is C20H27N2O3+. The first kappa shape index (κ1) is 18.8. The molecule has 0 fully saturated rings. The molecule has 0 unspecified atom stereocenters. The van der Waals surface area contributed by atoms with E-state index in [2.05, 4.69) is 31.5 Å². The van der Waals surface area contributed by atoms with Gasteiger partial charge in [0, 0.05) is 12.1 Å². The van der Waals surface area contributed by atoms with Crippen LogP contribution in [0.1, 0.15) is 16.7 Å². The predicted octanol–water partition coefficient (Wildman–Crippen LogP) is 1.21. The van der Waals surface area contributed by atoms with Gasteiger partial charge in [0.05, 0.1) is 34.7 Å². The number of ether oxygens (including phenoxy) is 2. The minimum atomic E-state index is -0.0146. The van der Waals surface area contributed by atoms with E-state index in [4.69, 9.17) is 9.47 Å². The van der Waals surface area contributed by atoms with Crippen LogP contribution in [-0.2, 0) is 24.3 Å². The van der Waals surface area contributed by atoms with E-state index in [0.29, 0.717) is 24.5 Å².